The molecule has 2 rings (SSSR count). The van der Waals surface area contributed by atoms with Crippen LogP contribution in [0.3, 0.4) is 0 Å². The van der Waals surface area contributed by atoms with Crippen LogP contribution >= 0.6 is 0 Å². The number of rotatable bonds is 37. The summed E-state index contributed by atoms with van der Waals surface area (Å²) in [5.41, 5.74) is 33.9. The van der Waals surface area contributed by atoms with Gasteiger partial charge in [0.2, 0.25) is 59.1 Å². The molecule has 0 spiro atoms. The molecule has 442 valence electrons. The second kappa shape index (κ2) is 36.5. The highest BCUT2D eigenvalue weighted by Crippen LogP contribution is 2.17. The topological polar surface area (TPSA) is 516 Å². The van der Waals surface area contributed by atoms with Crippen LogP contribution in [0, 0.1) is 0 Å². The maximum absolute atomic E-state index is 13.9. The first-order valence-electron chi connectivity index (χ1n) is 26.2. The highest BCUT2D eigenvalue weighted by atomic mass is 16.4. The van der Waals surface area contributed by atoms with Crippen molar-refractivity contribution in [2.24, 2.45) is 39.4 Å². The van der Waals surface area contributed by atoms with E-state index in [1.165, 1.54) is 4.90 Å². The average molecular weight is 1120 g/mol. The van der Waals surface area contributed by atoms with Gasteiger partial charge in [0.05, 0.1) is 31.8 Å². The van der Waals surface area contributed by atoms with E-state index >= 15 is 0 Å². The largest absolute Gasteiger partial charge is 0.480 e. The minimum absolute atomic E-state index is 0.0435. The number of nitrogens with zero attached hydrogens (tertiary/aromatic N) is 2. The number of aliphatic imine (C=N–C) groups is 1. The van der Waals surface area contributed by atoms with Crippen LogP contribution in [0.4, 0.5) is 0 Å². The number of amides is 10. The SMILES string of the molecule is C[C@@H](O)[C@H](NC(=O)[C@H](CCCCN)NC(=O)[C@H](CCC(N)=O)NC(=O)[C@@H](N)CCCCN)C(=O)N[C@@H](CO)C(=O)N[C@@H](Cc1ccccc1)C(=O)NCC(=O)N[C@@H](CCCN=C(N)N)C(=O)NCC(=O)N1CCCC[C@H]1C(=O)O. The summed E-state index contributed by atoms with van der Waals surface area (Å²) in [7, 11) is 0. The van der Waals surface area contributed by atoms with Gasteiger partial charge in [-0.2, -0.15) is 0 Å². The number of likely N-dealkylation sites (tertiary alicyclic amines) is 1. The molecule has 1 fully saturated rings. The highest BCUT2D eigenvalue weighted by molar-refractivity contribution is 5.98. The molecular formula is C49H82N16O14. The molecule has 0 saturated carbocycles. The summed E-state index contributed by atoms with van der Waals surface area (Å²) in [5.74, 6) is -10.3. The number of aliphatic carboxylic acids is 1. The number of aliphatic hydroxyl groups excluding tert-OH is 2. The zero-order chi connectivity index (χ0) is 59.0. The number of carboxylic acids is 1. The van der Waals surface area contributed by atoms with E-state index in [1.54, 1.807) is 30.3 Å². The Labute approximate surface area is 457 Å². The van der Waals surface area contributed by atoms with Gasteiger partial charge in [0, 0.05) is 25.9 Å². The van der Waals surface area contributed by atoms with Gasteiger partial charge in [0.1, 0.15) is 42.3 Å². The molecule has 0 bridgehead atoms. The zero-order valence-corrected chi connectivity index (χ0v) is 44.6. The number of unbranched alkanes of at least 4 members (excludes halogenated alkanes) is 2. The summed E-state index contributed by atoms with van der Waals surface area (Å²) in [6, 6.07) is -3.01. The second-order valence-electron chi connectivity index (χ2n) is 19.0. The lowest BCUT2D eigenvalue weighted by atomic mass is 10.0. The minimum Gasteiger partial charge on any atom is -0.480 e. The molecule has 1 aromatic rings. The van der Waals surface area contributed by atoms with Crippen LogP contribution in [0.25, 0.3) is 0 Å². The van der Waals surface area contributed by atoms with Crippen LogP contribution < -0.4 is 76.9 Å². The summed E-state index contributed by atoms with van der Waals surface area (Å²) in [6.45, 7) is -0.424. The van der Waals surface area contributed by atoms with E-state index in [9.17, 15) is 68.1 Å². The molecule has 0 unspecified atom stereocenters. The van der Waals surface area contributed by atoms with E-state index in [4.69, 9.17) is 34.4 Å². The maximum atomic E-state index is 13.9. The molecule has 79 heavy (non-hydrogen) atoms. The number of aliphatic hydroxyl groups is 2. The number of piperidine rings is 1. The fourth-order valence-electron chi connectivity index (χ4n) is 8.14. The fraction of sp³-hybridized carbons (Fsp3) is 0.633. The molecule has 9 atom stereocenters. The molecule has 1 aliphatic rings. The summed E-state index contributed by atoms with van der Waals surface area (Å²) >= 11 is 0. The van der Waals surface area contributed by atoms with Gasteiger partial charge < -0.3 is 97.2 Å². The Bertz CT molecular complexity index is 2220. The molecule has 30 heteroatoms. The smallest absolute Gasteiger partial charge is 0.326 e. The molecule has 1 saturated heterocycles. The molecule has 10 amide bonds. The quantitative estimate of drug-likeness (QED) is 0.0167. The Morgan fingerprint density at radius 1 is 0.646 bits per heavy atom. The van der Waals surface area contributed by atoms with E-state index in [0.717, 1.165) is 6.92 Å². The standard InChI is InChI=1S/C49H82N16O14/c1-28(67)40(64-45(75)32(15-6-9-21-51)61-44(74)33(18-19-37(53)68)60-41(71)30(52)14-5-8-20-50)47(77)63-35(27-66)46(76)62-34(24-29-12-3-2-4-13-29)43(73)57-25-38(69)59-31(16-11-22-56-49(54)55)42(72)58-26-39(70)65-23-10-7-17-36(65)48(78)79/h2-4,12-13,28,30-36,40,66-67H,5-11,14-27,50-52H2,1H3,(H2,53,68)(H,57,73)(H,58,72)(H,59,69)(H,60,71)(H,61,74)(H,62,76)(H,63,77)(H,64,75)(H,78,79)(H4,54,55,56)/t28-,30+,31+,32+,33+,34+,35+,36+,40+/m1/s1. The number of hydrogen-bond acceptors (Lipinski definition) is 17. The van der Waals surface area contributed by atoms with Crippen LogP contribution in [0.1, 0.15) is 96.0 Å². The molecule has 1 aliphatic heterocycles. The van der Waals surface area contributed by atoms with Crippen molar-refractivity contribution in [1.29, 1.82) is 0 Å². The molecule has 0 aliphatic carbocycles. The Kier molecular flexibility index (Phi) is 31.2. The zero-order valence-electron chi connectivity index (χ0n) is 44.6. The maximum Gasteiger partial charge on any atom is 0.326 e. The van der Waals surface area contributed by atoms with Crippen molar-refractivity contribution in [1.82, 2.24) is 47.4 Å². The van der Waals surface area contributed by atoms with Crippen molar-refractivity contribution in [3.8, 4) is 0 Å². The Balaban J connectivity index is 2.25. The Morgan fingerprint density at radius 2 is 1.19 bits per heavy atom. The van der Waals surface area contributed by atoms with Gasteiger partial charge in [-0.25, -0.2) is 4.79 Å². The number of nitrogens with one attached hydrogen (secondary N) is 8. The Hall–Kier alpha value is -7.54. The summed E-state index contributed by atoms with van der Waals surface area (Å²) < 4.78 is 0. The fourth-order valence-corrected chi connectivity index (χ4v) is 8.14. The number of guanidine groups is 1. The molecule has 0 radical (unpaired) electrons. The molecule has 1 heterocycles. The van der Waals surface area contributed by atoms with E-state index in [0.29, 0.717) is 44.2 Å². The molecule has 1 aromatic carbocycles. The second-order valence-corrected chi connectivity index (χ2v) is 19.0. The summed E-state index contributed by atoms with van der Waals surface area (Å²) in [6.07, 6.45) is 1.11. The van der Waals surface area contributed by atoms with Crippen LogP contribution in [0.2, 0.25) is 0 Å². The number of carbonyl (C=O) groups is 11. The minimum atomic E-state index is -1.82. The molecule has 23 N–H and O–H groups in total. The summed E-state index contributed by atoms with van der Waals surface area (Å²) in [4.78, 5) is 150. The van der Waals surface area contributed by atoms with Gasteiger partial charge in [0.15, 0.2) is 5.96 Å². The first-order valence-corrected chi connectivity index (χ1v) is 26.2. The van der Waals surface area contributed by atoms with Crippen molar-refractivity contribution < 1.29 is 68.1 Å². The number of carboxylic acid groups (broad SMARTS) is 1. The van der Waals surface area contributed by atoms with Gasteiger partial charge >= 0.3 is 5.97 Å². The monoisotopic (exact) mass is 1120 g/mol. The lowest BCUT2D eigenvalue weighted by molar-refractivity contribution is -0.151. The number of primary amides is 1. The van der Waals surface area contributed by atoms with Gasteiger partial charge in [-0.3, -0.25) is 52.9 Å². The lowest BCUT2D eigenvalue weighted by Gasteiger charge is -2.33. The van der Waals surface area contributed by atoms with Crippen molar-refractivity contribution >= 4 is 71.0 Å². The third kappa shape index (κ3) is 25.7. The van der Waals surface area contributed by atoms with Gasteiger partial charge in [0.25, 0.3) is 0 Å². The highest BCUT2D eigenvalue weighted by Gasteiger charge is 2.36. The third-order valence-electron chi connectivity index (χ3n) is 12.5. The predicted octanol–water partition coefficient (Wildman–Crippen LogP) is -6.89. The molecule has 0 aromatic heterocycles. The number of benzene rings is 1. The van der Waals surface area contributed by atoms with Crippen LogP contribution in [-0.2, 0) is 59.2 Å². The predicted molar refractivity (Wildman–Crippen MR) is 286 cm³/mol. The lowest BCUT2D eigenvalue weighted by Crippen LogP contribution is -2.62. The van der Waals surface area contributed by atoms with Gasteiger partial charge in [-0.1, -0.05) is 36.8 Å². The van der Waals surface area contributed by atoms with Crippen molar-refractivity contribution in [2.75, 3.05) is 45.9 Å². The van der Waals surface area contributed by atoms with Crippen molar-refractivity contribution in [3.63, 3.8) is 0 Å². The van der Waals surface area contributed by atoms with E-state index in [1.807, 2.05) is 0 Å². The van der Waals surface area contributed by atoms with Crippen molar-refractivity contribution in [2.45, 2.75) is 151 Å². The van der Waals surface area contributed by atoms with Crippen LogP contribution in [0.15, 0.2) is 35.3 Å². The van der Waals surface area contributed by atoms with Gasteiger partial charge in [-0.15, -0.1) is 0 Å². The summed E-state index contributed by atoms with van der Waals surface area (Å²) in [5, 5.41) is 50.0. The average Bonchev–Trinajstić information content (AvgIpc) is 3.42. The van der Waals surface area contributed by atoms with E-state index < -0.39 is 139 Å². The Morgan fingerprint density at radius 3 is 1.80 bits per heavy atom. The van der Waals surface area contributed by atoms with Crippen LogP contribution in [-0.4, -0.2) is 192 Å². The van der Waals surface area contributed by atoms with E-state index in [2.05, 4.69) is 47.5 Å². The molecular weight excluding hydrogens is 1040 g/mol. The number of nitrogens with two attached hydrogens (primary N) is 6. The van der Waals surface area contributed by atoms with Crippen LogP contribution in [0.5, 0.6) is 0 Å². The first kappa shape index (κ1) is 67.6. The van der Waals surface area contributed by atoms with Gasteiger partial charge in [-0.05, 0) is 96.2 Å². The normalized spacial score (nSPS) is 16.1. The number of carbonyl (C=O) groups excluding carboxylic acids is 10. The first-order chi connectivity index (χ1) is 37.5. The van der Waals surface area contributed by atoms with E-state index in [-0.39, 0.29) is 83.4 Å². The number of hydrogen-bond donors (Lipinski definition) is 17. The third-order valence-corrected chi connectivity index (χ3v) is 12.5. The van der Waals surface area contributed by atoms with Crippen molar-refractivity contribution in [3.05, 3.63) is 35.9 Å². The molecule has 30 nitrogen and oxygen atoms in total.